The molecule has 2 heterocycles. The summed E-state index contributed by atoms with van der Waals surface area (Å²) in [5.74, 6) is -0.00185. The van der Waals surface area contributed by atoms with E-state index in [0.717, 1.165) is 4.68 Å². The number of hydrogen-bond donors (Lipinski definition) is 1. The first kappa shape index (κ1) is 18.7. The molecular weight excluding hydrogens is 363 g/mol. The smallest absolute Gasteiger partial charge is 0.408 e. The van der Waals surface area contributed by atoms with Gasteiger partial charge < -0.3 is 14.6 Å². The molecule has 27 heavy (non-hydrogen) atoms. The third-order valence-corrected chi connectivity index (χ3v) is 3.68. The highest BCUT2D eigenvalue weighted by atomic mass is 19.4. The summed E-state index contributed by atoms with van der Waals surface area (Å²) in [6.45, 7) is 2.35. The molecule has 0 atom stereocenters. The van der Waals surface area contributed by atoms with E-state index in [1.54, 1.807) is 25.4 Å². The van der Waals surface area contributed by atoms with E-state index in [1.807, 2.05) is 13.8 Å². The number of aromatic nitrogens is 4. The second-order valence-corrected chi connectivity index (χ2v) is 6.28. The van der Waals surface area contributed by atoms with Crippen LogP contribution in [-0.4, -0.2) is 37.5 Å². The van der Waals surface area contributed by atoms with Crippen LogP contribution in [0.1, 0.15) is 24.5 Å². The molecule has 1 N–H and O–H groups in total. The Bertz CT molecular complexity index is 975. The molecule has 0 unspecified atom stereocenters. The van der Waals surface area contributed by atoms with Gasteiger partial charge in [0.25, 0.3) is 5.91 Å². The average Bonchev–Trinajstić information content (AvgIpc) is 3.10. The maximum atomic E-state index is 12.9. The number of anilines is 1. The summed E-state index contributed by atoms with van der Waals surface area (Å²) >= 11 is 0. The highest BCUT2D eigenvalue weighted by Gasteiger charge is 2.30. The summed E-state index contributed by atoms with van der Waals surface area (Å²) in [6.07, 6.45) is -1.56. The standard InChI is InChI=1S/C17H18F3N5O2/c1-10(2)27-11-4-5-12-13(8-11)25(9-17(18,19)20)23-14(12)22-16(26)15-21-6-7-24(15)3/h4-8,10H,9H2,1-3H3,(H,22,23,26). The van der Waals surface area contributed by atoms with Crippen molar-refractivity contribution in [3.8, 4) is 5.75 Å². The van der Waals surface area contributed by atoms with Crippen molar-refractivity contribution in [2.75, 3.05) is 5.32 Å². The summed E-state index contributed by atoms with van der Waals surface area (Å²) in [4.78, 5) is 16.3. The van der Waals surface area contributed by atoms with E-state index >= 15 is 0 Å². The normalized spacial score (nSPS) is 12.0. The number of nitrogens with one attached hydrogen (secondary N) is 1. The minimum atomic E-state index is -4.46. The number of imidazole rings is 1. The molecule has 1 aromatic carbocycles. The zero-order valence-corrected chi connectivity index (χ0v) is 14.9. The van der Waals surface area contributed by atoms with Gasteiger partial charge in [0.05, 0.1) is 11.6 Å². The minimum Gasteiger partial charge on any atom is -0.491 e. The molecule has 0 fully saturated rings. The first-order valence-corrected chi connectivity index (χ1v) is 8.16. The Kier molecular flexibility index (Phi) is 4.81. The molecule has 10 heteroatoms. The lowest BCUT2D eigenvalue weighted by atomic mass is 10.2. The van der Waals surface area contributed by atoms with Crippen molar-refractivity contribution in [3.05, 3.63) is 36.4 Å². The van der Waals surface area contributed by atoms with Crippen LogP contribution in [0.15, 0.2) is 30.6 Å². The number of aryl methyl sites for hydroxylation is 1. The van der Waals surface area contributed by atoms with Crippen LogP contribution in [0.5, 0.6) is 5.75 Å². The van der Waals surface area contributed by atoms with E-state index in [-0.39, 0.29) is 23.3 Å². The van der Waals surface area contributed by atoms with Gasteiger partial charge in [-0.25, -0.2) is 4.98 Å². The number of alkyl halides is 3. The van der Waals surface area contributed by atoms with Crippen LogP contribution in [0, 0.1) is 0 Å². The molecule has 0 aliphatic carbocycles. The zero-order valence-electron chi connectivity index (χ0n) is 14.9. The largest absolute Gasteiger partial charge is 0.491 e. The predicted octanol–water partition coefficient (Wildman–Crippen LogP) is 3.37. The maximum Gasteiger partial charge on any atom is 0.408 e. The van der Waals surface area contributed by atoms with Gasteiger partial charge >= 0.3 is 6.18 Å². The highest BCUT2D eigenvalue weighted by Crippen LogP contribution is 2.30. The number of carbonyl (C=O) groups excluding carboxylic acids is 1. The summed E-state index contributed by atoms with van der Waals surface area (Å²) in [5, 5.41) is 6.85. The molecule has 0 aliphatic rings. The fourth-order valence-corrected chi connectivity index (χ4v) is 2.63. The minimum absolute atomic E-state index is 0.0262. The average molecular weight is 381 g/mol. The fraction of sp³-hybridized carbons (Fsp3) is 0.353. The third-order valence-electron chi connectivity index (χ3n) is 3.68. The van der Waals surface area contributed by atoms with Gasteiger partial charge in [0.2, 0.25) is 0 Å². The second-order valence-electron chi connectivity index (χ2n) is 6.28. The van der Waals surface area contributed by atoms with Gasteiger partial charge in [0, 0.05) is 30.9 Å². The Balaban J connectivity index is 2.02. The number of rotatable bonds is 5. The van der Waals surface area contributed by atoms with Crippen LogP contribution in [0.4, 0.5) is 19.0 Å². The molecule has 144 valence electrons. The first-order valence-electron chi connectivity index (χ1n) is 8.16. The molecule has 0 radical (unpaired) electrons. The molecule has 7 nitrogen and oxygen atoms in total. The monoisotopic (exact) mass is 381 g/mol. The van der Waals surface area contributed by atoms with Crippen LogP contribution in [0.2, 0.25) is 0 Å². The molecule has 1 amide bonds. The van der Waals surface area contributed by atoms with Gasteiger partial charge in [0.15, 0.2) is 11.6 Å². The van der Waals surface area contributed by atoms with Gasteiger partial charge in [-0.3, -0.25) is 9.48 Å². The Labute approximate surface area is 152 Å². The van der Waals surface area contributed by atoms with E-state index in [9.17, 15) is 18.0 Å². The van der Waals surface area contributed by atoms with Crippen molar-refractivity contribution in [2.24, 2.45) is 7.05 Å². The summed E-state index contributed by atoms with van der Waals surface area (Å²) in [5.41, 5.74) is 0.209. The number of ether oxygens (including phenoxy) is 1. The quantitative estimate of drug-likeness (QED) is 0.735. The van der Waals surface area contributed by atoms with Gasteiger partial charge in [-0.2, -0.15) is 18.3 Å². The fourth-order valence-electron chi connectivity index (χ4n) is 2.63. The maximum absolute atomic E-state index is 12.9. The second kappa shape index (κ2) is 6.93. The van der Waals surface area contributed by atoms with Crippen molar-refractivity contribution in [1.29, 1.82) is 0 Å². The number of carbonyl (C=O) groups is 1. The predicted molar refractivity (Wildman–Crippen MR) is 92.7 cm³/mol. The Morgan fingerprint density at radius 1 is 1.33 bits per heavy atom. The third kappa shape index (κ3) is 4.21. The summed E-state index contributed by atoms with van der Waals surface area (Å²) in [7, 11) is 1.64. The Hall–Kier alpha value is -3.04. The summed E-state index contributed by atoms with van der Waals surface area (Å²) < 4.78 is 46.7. The number of nitrogens with zero attached hydrogens (tertiary/aromatic N) is 4. The molecule has 0 saturated heterocycles. The van der Waals surface area contributed by atoms with Gasteiger partial charge in [-0.15, -0.1) is 0 Å². The number of fused-ring (bicyclic) bond motifs is 1. The first-order chi connectivity index (χ1) is 12.6. The Morgan fingerprint density at radius 3 is 2.67 bits per heavy atom. The van der Waals surface area contributed by atoms with Crippen LogP contribution in [-0.2, 0) is 13.6 Å². The lowest BCUT2D eigenvalue weighted by molar-refractivity contribution is -0.141. The van der Waals surface area contributed by atoms with E-state index < -0.39 is 18.6 Å². The van der Waals surface area contributed by atoms with Crippen molar-refractivity contribution < 1.29 is 22.7 Å². The molecule has 0 saturated carbocycles. The van der Waals surface area contributed by atoms with Crippen LogP contribution in [0.3, 0.4) is 0 Å². The van der Waals surface area contributed by atoms with E-state index in [2.05, 4.69) is 15.4 Å². The van der Waals surface area contributed by atoms with E-state index in [1.165, 1.54) is 16.8 Å². The molecule has 2 aromatic heterocycles. The van der Waals surface area contributed by atoms with Gasteiger partial charge in [-0.1, -0.05) is 0 Å². The lowest BCUT2D eigenvalue weighted by Crippen LogP contribution is -2.20. The van der Waals surface area contributed by atoms with Crippen molar-refractivity contribution in [3.63, 3.8) is 0 Å². The molecule has 0 spiro atoms. The van der Waals surface area contributed by atoms with Crippen LogP contribution >= 0.6 is 0 Å². The zero-order chi connectivity index (χ0) is 19.8. The number of halogens is 3. The number of hydrogen-bond acceptors (Lipinski definition) is 4. The highest BCUT2D eigenvalue weighted by molar-refractivity contribution is 6.06. The Morgan fingerprint density at radius 2 is 2.07 bits per heavy atom. The van der Waals surface area contributed by atoms with E-state index in [4.69, 9.17) is 4.74 Å². The topological polar surface area (TPSA) is 74.0 Å². The molecule has 3 rings (SSSR count). The van der Waals surface area contributed by atoms with Crippen LogP contribution < -0.4 is 10.1 Å². The molecule has 0 bridgehead atoms. The van der Waals surface area contributed by atoms with Crippen LogP contribution in [0.25, 0.3) is 10.9 Å². The number of amides is 1. The number of benzene rings is 1. The van der Waals surface area contributed by atoms with Crippen molar-refractivity contribution in [2.45, 2.75) is 32.7 Å². The molecular formula is C17H18F3N5O2. The van der Waals surface area contributed by atoms with Gasteiger partial charge in [-0.05, 0) is 26.0 Å². The summed E-state index contributed by atoms with van der Waals surface area (Å²) in [6, 6.07) is 4.67. The van der Waals surface area contributed by atoms with Gasteiger partial charge in [0.1, 0.15) is 12.3 Å². The van der Waals surface area contributed by atoms with Crippen molar-refractivity contribution in [1.82, 2.24) is 19.3 Å². The molecule has 3 aromatic rings. The lowest BCUT2D eigenvalue weighted by Gasteiger charge is -2.11. The van der Waals surface area contributed by atoms with Crippen molar-refractivity contribution >= 4 is 22.6 Å². The molecule has 0 aliphatic heterocycles. The SMILES string of the molecule is CC(C)Oc1ccc2c(NC(=O)c3nccn3C)nn(CC(F)(F)F)c2c1. The van der Waals surface area contributed by atoms with E-state index in [0.29, 0.717) is 11.1 Å².